The molecule has 0 aromatic heterocycles. The summed E-state index contributed by atoms with van der Waals surface area (Å²) in [6.45, 7) is -0.655. The molecule has 0 saturated carbocycles. The maximum atomic E-state index is 12.2. The molecule has 0 aliphatic carbocycles. The Morgan fingerprint density at radius 3 is 2.83 bits per heavy atom. The highest BCUT2D eigenvalue weighted by molar-refractivity contribution is 5.79. The average molecular weight is 328 g/mol. The minimum Gasteiger partial charge on any atom is -0.481 e. The fraction of sp³-hybridized carbons (Fsp3) is 0.467. The molecule has 1 fully saturated rings. The van der Waals surface area contributed by atoms with Gasteiger partial charge < -0.3 is 20.1 Å². The van der Waals surface area contributed by atoms with E-state index in [0.717, 1.165) is 0 Å². The van der Waals surface area contributed by atoms with Crippen LogP contribution in [0.4, 0.5) is 13.6 Å². The van der Waals surface area contributed by atoms with Crippen molar-refractivity contribution in [3.8, 4) is 5.75 Å². The second kappa shape index (κ2) is 6.80. The molecule has 1 aromatic rings. The van der Waals surface area contributed by atoms with Crippen molar-refractivity contribution < 1.29 is 28.2 Å². The maximum absolute atomic E-state index is 12.2. The molecule has 1 atom stereocenters. The number of urea groups is 1. The number of halogens is 2. The van der Waals surface area contributed by atoms with E-state index in [1.54, 1.807) is 19.1 Å². The topological polar surface area (TPSA) is 78.9 Å². The number of likely N-dealkylation sites (tertiary alicyclic amines) is 1. The molecule has 2 N–H and O–H groups in total. The predicted molar refractivity (Wildman–Crippen MR) is 77.2 cm³/mol. The van der Waals surface area contributed by atoms with Crippen LogP contribution in [0.3, 0.4) is 0 Å². The Morgan fingerprint density at radius 2 is 2.22 bits per heavy atom. The number of carbonyl (C=O) groups is 2. The van der Waals surface area contributed by atoms with Gasteiger partial charge in [-0.1, -0.05) is 12.1 Å². The number of ether oxygens (including phenoxy) is 1. The second-order valence-corrected chi connectivity index (χ2v) is 5.72. The van der Waals surface area contributed by atoms with Crippen LogP contribution < -0.4 is 10.1 Å². The molecule has 1 saturated heterocycles. The minimum absolute atomic E-state index is 0.0198. The van der Waals surface area contributed by atoms with Gasteiger partial charge in [0.25, 0.3) is 0 Å². The number of benzene rings is 1. The Balaban J connectivity index is 1.89. The van der Waals surface area contributed by atoms with E-state index < -0.39 is 18.0 Å². The largest absolute Gasteiger partial charge is 0.481 e. The summed E-state index contributed by atoms with van der Waals surface area (Å²) in [4.78, 5) is 24.7. The van der Waals surface area contributed by atoms with Crippen LogP contribution in [-0.4, -0.2) is 41.7 Å². The molecule has 23 heavy (non-hydrogen) atoms. The highest BCUT2D eigenvalue weighted by atomic mass is 19.3. The van der Waals surface area contributed by atoms with E-state index in [-0.39, 0.29) is 24.9 Å². The van der Waals surface area contributed by atoms with Gasteiger partial charge in [-0.25, -0.2) is 4.79 Å². The van der Waals surface area contributed by atoms with Gasteiger partial charge in [0.2, 0.25) is 0 Å². The van der Waals surface area contributed by atoms with E-state index in [1.807, 2.05) is 0 Å². The number of carboxylic acids is 1. The third-order valence-corrected chi connectivity index (χ3v) is 3.84. The van der Waals surface area contributed by atoms with Crippen molar-refractivity contribution in [2.45, 2.75) is 26.5 Å². The van der Waals surface area contributed by atoms with Gasteiger partial charge in [-0.05, 0) is 31.0 Å². The number of nitrogens with zero attached hydrogens (tertiary/aromatic N) is 1. The molecule has 126 valence electrons. The van der Waals surface area contributed by atoms with E-state index in [0.29, 0.717) is 18.5 Å². The van der Waals surface area contributed by atoms with Crippen LogP contribution in [0.15, 0.2) is 24.3 Å². The number of alkyl halides is 2. The molecule has 0 radical (unpaired) electrons. The van der Waals surface area contributed by atoms with Gasteiger partial charge in [0.05, 0.1) is 5.41 Å². The summed E-state index contributed by atoms with van der Waals surface area (Å²) in [5, 5.41) is 11.8. The molecule has 0 bridgehead atoms. The zero-order chi connectivity index (χ0) is 17.0. The Bertz CT molecular complexity index is 597. The van der Waals surface area contributed by atoms with Crippen molar-refractivity contribution in [3.05, 3.63) is 29.8 Å². The number of aliphatic carboxylic acids is 1. The van der Waals surface area contributed by atoms with Crippen LogP contribution in [0.1, 0.15) is 18.9 Å². The minimum atomic E-state index is -2.90. The zero-order valence-corrected chi connectivity index (χ0v) is 12.6. The first kappa shape index (κ1) is 17.0. The summed E-state index contributed by atoms with van der Waals surface area (Å²) in [7, 11) is 0. The standard InChI is InChI=1S/C15H18F2N2O4/c1-15(12(20)21)5-6-19(9-15)14(22)18-8-10-3-2-4-11(7-10)23-13(16)17/h2-4,7,13H,5-6,8-9H2,1H3,(H,18,22)(H,20,21). The highest BCUT2D eigenvalue weighted by Crippen LogP contribution is 2.30. The van der Waals surface area contributed by atoms with Crippen molar-refractivity contribution >= 4 is 12.0 Å². The number of nitrogens with one attached hydrogen (secondary N) is 1. The van der Waals surface area contributed by atoms with Crippen LogP contribution >= 0.6 is 0 Å². The third-order valence-electron chi connectivity index (χ3n) is 3.84. The summed E-state index contributed by atoms with van der Waals surface area (Å²) < 4.78 is 28.6. The monoisotopic (exact) mass is 328 g/mol. The molecule has 1 unspecified atom stereocenters. The van der Waals surface area contributed by atoms with E-state index in [1.165, 1.54) is 17.0 Å². The lowest BCUT2D eigenvalue weighted by molar-refractivity contribution is -0.147. The van der Waals surface area contributed by atoms with Gasteiger partial charge in [-0.15, -0.1) is 0 Å². The number of amides is 2. The van der Waals surface area contributed by atoms with Crippen LogP contribution in [0.2, 0.25) is 0 Å². The Morgan fingerprint density at radius 1 is 1.48 bits per heavy atom. The molecule has 2 amide bonds. The Hall–Kier alpha value is -2.38. The summed E-state index contributed by atoms with van der Waals surface area (Å²) in [6, 6.07) is 5.66. The van der Waals surface area contributed by atoms with Gasteiger partial charge >= 0.3 is 18.6 Å². The molecule has 1 aliphatic heterocycles. The van der Waals surface area contributed by atoms with Gasteiger partial charge in [0.15, 0.2) is 0 Å². The van der Waals surface area contributed by atoms with Gasteiger partial charge in [-0.2, -0.15) is 8.78 Å². The third kappa shape index (κ3) is 4.30. The lowest BCUT2D eigenvalue weighted by atomic mass is 9.90. The quantitative estimate of drug-likeness (QED) is 0.869. The summed E-state index contributed by atoms with van der Waals surface area (Å²) in [5.41, 5.74) is -0.320. The van der Waals surface area contributed by atoms with Gasteiger partial charge in [0, 0.05) is 19.6 Å². The summed E-state index contributed by atoms with van der Waals surface area (Å²) in [5.74, 6) is -0.906. The molecule has 6 nitrogen and oxygen atoms in total. The lowest BCUT2D eigenvalue weighted by Gasteiger charge is -2.20. The lowest BCUT2D eigenvalue weighted by Crippen LogP contribution is -2.40. The first-order chi connectivity index (χ1) is 10.8. The first-order valence-corrected chi connectivity index (χ1v) is 7.10. The van der Waals surface area contributed by atoms with Crippen molar-refractivity contribution in [1.82, 2.24) is 10.2 Å². The highest BCUT2D eigenvalue weighted by Gasteiger charge is 2.42. The average Bonchev–Trinajstić information content (AvgIpc) is 2.89. The molecule has 1 aliphatic rings. The van der Waals surface area contributed by atoms with E-state index in [2.05, 4.69) is 10.1 Å². The summed E-state index contributed by atoms with van der Waals surface area (Å²) >= 11 is 0. The Labute approximate surface area is 132 Å². The number of carboxylic acid groups (broad SMARTS) is 1. The molecule has 1 aromatic carbocycles. The number of rotatable bonds is 5. The predicted octanol–water partition coefficient (Wildman–Crippen LogP) is 2.29. The van der Waals surface area contributed by atoms with Gasteiger partial charge in [0.1, 0.15) is 5.75 Å². The SMILES string of the molecule is CC1(C(=O)O)CCN(C(=O)NCc2cccc(OC(F)F)c2)C1. The van der Waals surface area contributed by atoms with Crippen LogP contribution in [0.25, 0.3) is 0 Å². The molecule has 8 heteroatoms. The smallest absolute Gasteiger partial charge is 0.387 e. The fourth-order valence-corrected chi connectivity index (χ4v) is 2.43. The van der Waals surface area contributed by atoms with Crippen LogP contribution in [0, 0.1) is 5.41 Å². The number of hydrogen-bond acceptors (Lipinski definition) is 3. The van der Waals surface area contributed by atoms with Gasteiger partial charge in [-0.3, -0.25) is 4.79 Å². The van der Waals surface area contributed by atoms with E-state index in [4.69, 9.17) is 5.11 Å². The van der Waals surface area contributed by atoms with Crippen molar-refractivity contribution in [2.75, 3.05) is 13.1 Å². The van der Waals surface area contributed by atoms with Crippen LogP contribution in [0.5, 0.6) is 5.75 Å². The van der Waals surface area contributed by atoms with Crippen LogP contribution in [-0.2, 0) is 11.3 Å². The van der Waals surface area contributed by atoms with E-state index in [9.17, 15) is 18.4 Å². The normalized spacial score (nSPS) is 20.6. The molecular formula is C15H18F2N2O4. The maximum Gasteiger partial charge on any atom is 0.387 e. The number of hydrogen-bond donors (Lipinski definition) is 2. The molecule has 0 spiro atoms. The second-order valence-electron chi connectivity index (χ2n) is 5.72. The first-order valence-electron chi connectivity index (χ1n) is 7.10. The molecule has 2 rings (SSSR count). The van der Waals surface area contributed by atoms with Crippen molar-refractivity contribution in [2.24, 2.45) is 5.41 Å². The number of carbonyl (C=O) groups excluding carboxylic acids is 1. The van der Waals surface area contributed by atoms with Crippen molar-refractivity contribution in [3.63, 3.8) is 0 Å². The molecular weight excluding hydrogens is 310 g/mol. The summed E-state index contributed by atoms with van der Waals surface area (Å²) in [6.07, 6.45) is 0.396. The van der Waals surface area contributed by atoms with E-state index >= 15 is 0 Å². The molecule has 1 heterocycles. The zero-order valence-electron chi connectivity index (χ0n) is 12.6. The Kier molecular flexibility index (Phi) is 5.02. The van der Waals surface area contributed by atoms with Crippen molar-refractivity contribution in [1.29, 1.82) is 0 Å². The fourth-order valence-electron chi connectivity index (χ4n) is 2.43.